The maximum Gasteiger partial charge on any atom is 0.335 e. The van der Waals surface area contributed by atoms with Crippen LogP contribution >= 0.6 is 0 Å². The van der Waals surface area contributed by atoms with E-state index in [1.165, 1.54) is 6.41 Å². The number of carbonyl (C=O) groups excluding carboxylic acids is 1. The highest BCUT2D eigenvalue weighted by Gasteiger charge is 1.82. The highest BCUT2D eigenvalue weighted by atomic mass is 16.6. The number of amides is 1. The van der Waals surface area contributed by atoms with Crippen molar-refractivity contribution in [2.45, 2.75) is 0 Å². The Morgan fingerprint density at radius 3 is 2.85 bits per heavy atom. The topological polar surface area (TPSA) is 38.3 Å². The van der Waals surface area contributed by atoms with Gasteiger partial charge in [-0.1, -0.05) is 42.5 Å². The molecule has 0 aliphatic rings. The Labute approximate surface area is 77.0 Å². The first-order chi connectivity index (χ1) is 6.43. The van der Waals surface area contributed by atoms with E-state index < -0.39 is 0 Å². The highest BCUT2D eigenvalue weighted by Crippen LogP contribution is 1.99. The van der Waals surface area contributed by atoms with Crippen molar-refractivity contribution in [1.29, 1.82) is 0 Å². The summed E-state index contributed by atoms with van der Waals surface area (Å²) in [6, 6.07) is 9.83. The molecule has 0 fully saturated rings. The van der Waals surface area contributed by atoms with E-state index in [0.717, 1.165) is 5.56 Å². The minimum Gasteiger partial charge on any atom is -0.269 e. The van der Waals surface area contributed by atoms with E-state index in [0.29, 0.717) is 6.61 Å². The van der Waals surface area contributed by atoms with Crippen LogP contribution in [0.15, 0.2) is 36.4 Å². The van der Waals surface area contributed by atoms with E-state index >= 15 is 0 Å². The lowest BCUT2D eigenvalue weighted by Crippen LogP contribution is -2.10. The van der Waals surface area contributed by atoms with Gasteiger partial charge in [-0.05, 0) is 5.56 Å². The fraction of sp³-hybridized carbons (Fsp3) is 0.100. The van der Waals surface area contributed by atoms with Gasteiger partial charge in [0.15, 0.2) is 0 Å². The summed E-state index contributed by atoms with van der Waals surface area (Å²) in [4.78, 5) is 14.3. The molecule has 67 valence electrons. The molecule has 1 radical (unpaired) electrons. The van der Waals surface area contributed by atoms with E-state index in [1.54, 1.807) is 6.08 Å². The monoisotopic (exact) mass is 176 g/mol. The molecule has 0 aromatic heterocycles. The molecular weight excluding hydrogens is 166 g/mol. The molecule has 0 saturated carbocycles. The average Bonchev–Trinajstić information content (AvgIpc) is 2.19. The third-order valence-corrected chi connectivity index (χ3v) is 1.40. The van der Waals surface area contributed by atoms with Crippen LogP contribution in [0.3, 0.4) is 0 Å². The maximum atomic E-state index is 9.65. The molecule has 1 aromatic carbocycles. The molecule has 13 heavy (non-hydrogen) atoms. The lowest BCUT2D eigenvalue weighted by Gasteiger charge is -1.93. The van der Waals surface area contributed by atoms with Crippen molar-refractivity contribution in [2.24, 2.45) is 0 Å². The van der Waals surface area contributed by atoms with Crippen LogP contribution in [0.1, 0.15) is 5.56 Å². The zero-order chi connectivity index (χ0) is 9.36. The van der Waals surface area contributed by atoms with Crippen molar-refractivity contribution in [3.05, 3.63) is 42.0 Å². The van der Waals surface area contributed by atoms with Crippen LogP contribution in [-0.2, 0) is 9.63 Å². The first-order valence-electron chi connectivity index (χ1n) is 3.89. The summed E-state index contributed by atoms with van der Waals surface area (Å²) in [6.45, 7) is 0.337. The average molecular weight is 176 g/mol. The maximum absolute atomic E-state index is 9.65. The number of benzene rings is 1. The molecule has 3 heteroatoms. The normalized spacial score (nSPS) is 10.2. The molecule has 0 saturated heterocycles. The minimum absolute atomic E-state index is 0.337. The molecule has 1 aromatic rings. The summed E-state index contributed by atoms with van der Waals surface area (Å²) in [5.41, 5.74) is 3.08. The van der Waals surface area contributed by atoms with Crippen molar-refractivity contribution >= 4 is 12.5 Å². The molecule has 1 amide bonds. The van der Waals surface area contributed by atoms with Gasteiger partial charge in [0.2, 0.25) is 0 Å². The van der Waals surface area contributed by atoms with E-state index in [2.05, 4.69) is 4.84 Å². The van der Waals surface area contributed by atoms with E-state index in [1.807, 2.05) is 41.9 Å². The second kappa shape index (κ2) is 5.97. The van der Waals surface area contributed by atoms with Gasteiger partial charge in [-0.2, -0.15) is 0 Å². The summed E-state index contributed by atoms with van der Waals surface area (Å²) in [7, 11) is 0. The van der Waals surface area contributed by atoms with E-state index in [9.17, 15) is 4.79 Å². The van der Waals surface area contributed by atoms with Gasteiger partial charge >= 0.3 is 6.41 Å². The molecular formula is C10H10NO2. The quantitative estimate of drug-likeness (QED) is 0.417. The largest absolute Gasteiger partial charge is 0.335 e. The Morgan fingerprint density at radius 2 is 2.15 bits per heavy atom. The smallest absolute Gasteiger partial charge is 0.269 e. The third kappa shape index (κ3) is 4.08. The number of hydrogen-bond acceptors (Lipinski definition) is 2. The molecule has 0 heterocycles. The molecule has 0 bridgehead atoms. The third-order valence-electron chi connectivity index (χ3n) is 1.40. The van der Waals surface area contributed by atoms with Gasteiger partial charge < -0.3 is 0 Å². The zero-order valence-electron chi connectivity index (χ0n) is 7.07. The Kier molecular flexibility index (Phi) is 4.35. The van der Waals surface area contributed by atoms with Gasteiger partial charge in [0.25, 0.3) is 0 Å². The van der Waals surface area contributed by atoms with Gasteiger partial charge in [0.05, 0.1) is 6.61 Å². The Hall–Kier alpha value is -1.61. The molecule has 0 aliphatic carbocycles. The number of hydroxylamine groups is 1. The number of nitrogens with one attached hydrogen (secondary N) is 1. The highest BCUT2D eigenvalue weighted by molar-refractivity contribution is 5.48. The summed E-state index contributed by atoms with van der Waals surface area (Å²) >= 11 is 0. The molecule has 0 aliphatic heterocycles. The first-order valence-corrected chi connectivity index (χ1v) is 3.89. The van der Waals surface area contributed by atoms with E-state index in [-0.39, 0.29) is 0 Å². The Morgan fingerprint density at radius 1 is 1.38 bits per heavy atom. The lowest BCUT2D eigenvalue weighted by molar-refractivity contribution is 0.108. The SMILES string of the molecule is O=[C]NOCC=Cc1ccccc1. The van der Waals surface area contributed by atoms with Crippen LogP contribution in [0.2, 0.25) is 0 Å². The van der Waals surface area contributed by atoms with Crippen LogP contribution in [0.4, 0.5) is 0 Å². The molecule has 0 atom stereocenters. The fourth-order valence-electron chi connectivity index (χ4n) is 0.868. The summed E-state index contributed by atoms with van der Waals surface area (Å²) in [6.07, 6.45) is 5.12. The second-order valence-electron chi connectivity index (χ2n) is 2.33. The number of hydrogen-bond donors (Lipinski definition) is 1. The molecule has 1 rings (SSSR count). The van der Waals surface area contributed by atoms with Crippen molar-refractivity contribution in [3.63, 3.8) is 0 Å². The Bertz CT molecular complexity index is 270. The van der Waals surface area contributed by atoms with Gasteiger partial charge in [-0.3, -0.25) is 9.63 Å². The predicted molar refractivity (Wildman–Crippen MR) is 50.3 cm³/mol. The van der Waals surface area contributed by atoms with Crippen LogP contribution < -0.4 is 5.48 Å². The Balaban J connectivity index is 2.28. The van der Waals surface area contributed by atoms with Gasteiger partial charge in [0, 0.05) is 0 Å². The first kappa shape index (κ1) is 9.48. The zero-order valence-corrected chi connectivity index (χ0v) is 7.07. The fourth-order valence-corrected chi connectivity index (χ4v) is 0.868. The van der Waals surface area contributed by atoms with Gasteiger partial charge in [0.1, 0.15) is 0 Å². The van der Waals surface area contributed by atoms with E-state index in [4.69, 9.17) is 0 Å². The van der Waals surface area contributed by atoms with Crippen molar-refractivity contribution < 1.29 is 9.63 Å². The second-order valence-corrected chi connectivity index (χ2v) is 2.33. The molecule has 3 nitrogen and oxygen atoms in total. The summed E-state index contributed by atoms with van der Waals surface area (Å²) in [5, 5.41) is 0. The summed E-state index contributed by atoms with van der Waals surface area (Å²) < 4.78 is 0. The van der Waals surface area contributed by atoms with Gasteiger partial charge in [-0.25, -0.2) is 5.48 Å². The van der Waals surface area contributed by atoms with Crippen LogP contribution in [0.5, 0.6) is 0 Å². The van der Waals surface area contributed by atoms with Crippen molar-refractivity contribution in [1.82, 2.24) is 5.48 Å². The predicted octanol–water partition coefficient (Wildman–Crippen LogP) is 1.29. The van der Waals surface area contributed by atoms with Crippen molar-refractivity contribution in [2.75, 3.05) is 6.61 Å². The number of rotatable bonds is 5. The molecule has 0 unspecified atom stereocenters. The van der Waals surface area contributed by atoms with Crippen LogP contribution in [0, 0.1) is 0 Å². The van der Waals surface area contributed by atoms with Crippen LogP contribution in [0.25, 0.3) is 6.08 Å². The minimum atomic E-state index is 0.337. The molecule has 1 N–H and O–H groups in total. The summed E-state index contributed by atoms with van der Waals surface area (Å²) in [5.74, 6) is 0. The standard InChI is InChI=1S/C10H10NO2/c12-9-11-13-8-4-7-10-5-2-1-3-6-10/h1-7H,8H2,(H,11,12). The van der Waals surface area contributed by atoms with Crippen LogP contribution in [-0.4, -0.2) is 13.0 Å². The van der Waals surface area contributed by atoms with Crippen molar-refractivity contribution in [3.8, 4) is 0 Å². The molecule has 0 spiro atoms. The lowest BCUT2D eigenvalue weighted by atomic mass is 10.2. The van der Waals surface area contributed by atoms with Gasteiger partial charge in [-0.15, -0.1) is 0 Å².